The smallest absolute Gasteiger partial charge is 0.165 e. The van der Waals surface area contributed by atoms with Crippen molar-refractivity contribution in [2.45, 2.75) is 25.5 Å². The van der Waals surface area contributed by atoms with Crippen molar-refractivity contribution in [1.29, 1.82) is 0 Å². The number of methoxy groups -OCH3 is 1. The SMILES string of the molecule is COC1CC(Cn2cc(N)nn2)C1. The van der Waals surface area contributed by atoms with Crippen LogP contribution >= 0.6 is 0 Å². The van der Waals surface area contributed by atoms with E-state index in [0.29, 0.717) is 17.8 Å². The van der Waals surface area contributed by atoms with E-state index in [1.165, 1.54) is 0 Å². The highest BCUT2D eigenvalue weighted by molar-refractivity contribution is 5.19. The summed E-state index contributed by atoms with van der Waals surface area (Å²) in [5.74, 6) is 1.16. The topological polar surface area (TPSA) is 66.0 Å². The molecular formula is C8H14N4O. The number of rotatable bonds is 3. The highest BCUT2D eigenvalue weighted by atomic mass is 16.5. The van der Waals surface area contributed by atoms with Crippen molar-refractivity contribution in [1.82, 2.24) is 15.0 Å². The molecule has 0 saturated heterocycles. The van der Waals surface area contributed by atoms with Gasteiger partial charge in [0.05, 0.1) is 12.3 Å². The summed E-state index contributed by atoms with van der Waals surface area (Å²) in [5, 5.41) is 7.62. The standard InChI is InChI=1S/C8H14N4O/c1-13-7-2-6(3-7)4-12-5-8(9)10-11-12/h5-7H,2-4,9H2,1H3. The normalized spacial score (nSPS) is 27.2. The second-order valence-electron chi connectivity index (χ2n) is 3.56. The van der Waals surface area contributed by atoms with E-state index in [4.69, 9.17) is 10.5 Å². The Bertz CT molecular complexity index is 279. The van der Waals surface area contributed by atoms with E-state index in [-0.39, 0.29) is 0 Å². The second-order valence-corrected chi connectivity index (χ2v) is 3.56. The first kappa shape index (κ1) is 8.50. The number of nitrogen functional groups attached to an aromatic ring is 1. The first-order valence-electron chi connectivity index (χ1n) is 4.46. The molecule has 1 aliphatic carbocycles. The largest absolute Gasteiger partial charge is 0.381 e. The summed E-state index contributed by atoms with van der Waals surface area (Å²) in [6.45, 7) is 0.907. The molecule has 1 heterocycles. The Kier molecular flexibility index (Phi) is 2.18. The van der Waals surface area contributed by atoms with Crippen molar-refractivity contribution in [3.63, 3.8) is 0 Å². The van der Waals surface area contributed by atoms with Crippen LogP contribution in [0.5, 0.6) is 0 Å². The number of nitrogens with zero attached hydrogens (tertiary/aromatic N) is 3. The van der Waals surface area contributed by atoms with Crippen LogP contribution in [0.2, 0.25) is 0 Å². The molecule has 0 unspecified atom stereocenters. The lowest BCUT2D eigenvalue weighted by molar-refractivity contribution is -0.00562. The lowest BCUT2D eigenvalue weighted by Gasteiger charge is -2.33. The monoisotopic (exact) mass is 182 g/mol. The van der Waals surface area contributed by atoms with Crippen molar-refractivity contribution in [2.24, 2.45) is 5.92 Å². The minimum absolute atomic E-state index is 0.450. The van der Waals surface area contributed by atoms with Crippen molar-refractivity contribution < 1.29 is 4.74 Å². The summed E-state index contributed by atoms with van der Waals surface area (Å²) in [5.41, 5.74) is 5.45. The van der Waals surface area contributed by atoms with Gasteiger partial charge in [0.1, 0.15) is 0 Å². The highest BCUT2D eigenvalue weighted by Crippen LogP contribution is 2.30. The maximum Gasteiger partial charge on any atom is 0.165 e. The molecule has 0 aliphatic heterocycles. The number of ether oxygens (including phenoxy) is 1. The van der Waals surface area contributed by atoms with Crippen LogP contribution in [0.15, 0.2) is 6.20 Å². The zero-order valence-electron chi connectivity index (χ0n) is 7.68. The first-order chi connectivity index (χ1) is 6.28. The third-order valence-electron chi connectivity index (χ3n) is 2.53. The predicted molar refractivity (Wildman–Crippen MR) is 48.0 cm³/mol. The van der Waals surface area contributed by atoms with Gasteiger partial charge in [-0.2, -0.15) is 0 Å². The molecule has 2 rings (SSSR count). The lowest BCUT2D eigenvalue weighted by Crippen LogP contribution is -2.33. The van der Waals surface area contributed by atoms with Gasteiger partial charge in [-0.05, 0) is 18.8 Å². The van der Waals surface area contributed by atoms with E-state index < -0.39 is 0 Å². The molecule has 0 amide bonds. The highest BCUT2D eigenvalue weighted by Gasteiger charge is 2.29. The van der Waals surface area contributed by atoms with Crippen LogP contribution in [-0.4, -0.2) is 28.2 Å². The van der Waals surface area contributed by atoms with Gasteiger partial charge >= 0.3 is 0 Å². The Morgan fingerprint density at radius 1 is 1.69 bits per heavy atom. The zero-order valence-corrected chi connectivity index (χ0v) is 7.68. The molecule has 0 atom stereocenters. The molecule has 1 fully saturated rings. The molecule has 2 N–H and O–H groups in total. The number of aromatic nitrogens is 3. The summed E-state index contributed by atoms with van der Waals surface area (Å²) in [6, 6.07) is 0. The average Bonchev–Trinajstić information content (AvgIpc) is 2.43. The number of hydrogen-bond acceptors (Lipinski definition) is 4. The molecule has 1 saturated carbocycles. The van der Waals surface area contributed by atoms with Crippen LogP contribution in [-0.2, 0) is 11.3 Å². The first-order valence-corrected chi connectivity index (χ1v) is 4.46. The fraction of sp³-hybridized carbons (Fsp3) is 0.750. The van der Waals surface area contributed by atoms with Gasteiger partial charge in [-0.25, -0.2) is 0 Å². The molecule has 0 radical (unpaired) electrons. The molecule has 0 aromatic carbocycles. The fourth-order valence-electron chi connectivity index (χ4n) is 1.68. The molecule has 1 aliphatic rings. The molecule has 0 bridgehead atoms. The molecule has 0 spiro atoms. The maximum atomic E-state index is 5.45. The van der Waals surface area contributed by atoms with E-state index >= 15 is 0 Å². The van der Waals surface area contributed by atoms with Crippen LogP contribution in [0.3, 0.4) is 0 Å². The average molecular weight is 182 g/mol. The Hall–Kier alpha value is -1.10. The molecule has 5 heteroatoms. The summed E-state index contributed by atoms with van der Waals surface area (Å²) in [4.78, 5) is 0. The van der Waals surface area contributed by atoms with Crippen LogP contribution in [0, 0.1) is 5.92 Å². The van der Waals surface area contributed by atoms with Gasteiger partial charge in [-0.1, -0.05) is 5.21 Å². The Balaban J connectivity index is 1.81. The van der Waals surface area contributed by atoms with Gasteiger partial charge < -0.3 is 10.5 Å². The van der Waals surface area contributed by atoms with Gasteiger partial charge in [0.15, 0.2) is 5.82 Å². The molecule has 1 aromatic rings. The Morgan fingerprint density at radius 3 is 3.00 bits per heavy atom. The number of anilines is 1. The number of nitrogens with two attached hydrogens (primary N) is 1. The fourth-order valence-corrected chi connectivity index (χ4v) is 1.68. The van der Waals surface area contributed by atoms with E-state index in [1.807, 2.05) is 0 Å². The van der Waals surface area contributed by atoms with E-state index in [0.717, 1.165) is 19.4 Å². The van der Waals surface area contributed by atoms with Crippen molar-refractivity contribution in [2.75, 3.05) is 12.8 Å². The van der Waals surface area contributed by atoms with Gasteiger partial charge in [0, 0.05) is 13.7 Å². The minimum Gasteiger partial charge on any atom is -0.381 e. The van der Waals surface area contributed by atoms with E-state index in [2.05, 4.69) is 10.3 Å². The minimum atomic E-state index is 0.450. The predicted octanol–water partition coefficient (Wildman–Crippen LogP) is 0.285. The molecule has 13 heavy (non-hydrogen) atoms. The second kappa shape index (κ2) is 3.33. The maximum absolute atomic E-state index is 5.45. The molecule has 5 nitrogen and oxygen atoms in total. The third-order valence-corrected chi connectivity index (χ3v) is 2.53. The van der Waals surface area contributed by atoms with E-state index in [1.54, 1.807) is 18.0 Å². The summed E-state index contributed by atoms with van der Waals surface area (Å²) < 4.78 is 6.99. The number of hydrogen-bond donors (Lipinski definition) is 1. The van der Waals surface area contributed by atoms with Gasteiger partial charge in [-0.15, -0.1) is 5.10 Å². The third kappa shape index (κ3) is 1.80. The summed E-state index contributed by atoms with van der Waals surface area (Å²) in [7, 11) is 1.76. The summed E-state index contributed by atoms with van der Waals surface area (Å²) in [6.07, 6.45) is 4.46. The molecule has 72 valence electrons. The van der Waals surface area contributed by atoms with Crippen molar-refractivity contribution in [3.05, 3.63) is 6.20 Å². The van der Waals surface area contributed by atoms with Gasteiger partial charge in [0.2, 0.25) is 0 Å². The van der Waals surface area contributed by atoms with Crippen molar-refractivity contribution >= 4 is 5.82 Å². The van der Waals surface area contributed by atoms with Crippen LogP contribution in [0.25, 0.3) is 0 Å². The molecule has 1 aromatic heterocycles. The van der Waals surface area contributed by atoms with Crippen LogP contribution in [0.4, 0.5) is 5.82 Å². The van der Waals surface area contributed by atoms with Crippen LogP contribution in [0.1, 0.15) is 12.8 Å². The lowest BCUT2D eigenvalue weighted by atomic mass is 9.82. The van der Waals surface area contributed by atoms with E-state index in [9.17, 15) is 0 Å². The van der Waals surface area contributed by atoms with Gasteiger partial charge in [-0.3, -0.25) is 4.68 Å². The van der Waals surface area contributed by atoms with Crippen LogP contribution < -0.4 is 5.73 Å². The summed E-state index contributed by atoms with van der Waals surface area (Å²) >= 11 is 0. The Labute approximate surface area is 76.9 Å². The Morgan fingerprint density at radius 2 is 2.46 bits per heavy atom. The quantitative estimate of drug-likeness (QED) is 0.729. The van der Waals surface area contributed by atoms with Crippen molar-refractivity contribution in [3.8, 4) is 0 Å². The zero-order chi connectivity index (χ0) is 9.26. The molecular weight excluding hydrogens is 168 g/mol. The van der Waals surface area contributed by atoms with Gasteiger partial charge in [0.25, 0.3) is 0 Å².